The van der Waals surface area contributed by atoms with E-state index in [2.05, 4.69) is 20.9 Å². The number of aromatic nitrogens is 1. The zero-order valence-electron chi connectivity index (χ0n) is 7.85. The molecule has 0 radical (unpaired) electrons. The molecule has 1 atom stereocenters. The van der Waals surface area contributed by atoms with Crippen LogP contribution in [-0.4, -0.2) is 15.3 Å². The van der Waals surface area contributed by atoms with Gasteiger partial charge in [-0.05, 0) is 58.4 Å². The fourth-order valence-corrected chi connectivity index (χ4v) is 1.48. The van der Waals surface area contributed by atoms with Gasteiger partial charge in [-0.15, -0.1) is 0 Å². The summed E-state index contributed by atoms with van der Waals surface area (Å²) in [7, 11) is 0. The van der Waals surface area contributed by atoms with Crippen molar-refractivity contribution in [2.75, 3.05) is 6.61 Å². The van der Waals surface area contributed by atoms with Gasteiger partial charge in [-0.2, -0.15) is 0 Å². The average molecular weight is 374 g/mol. The van der Waals surface area contributed by atoms with Crippen molar-refractivity contribution < 1.29 is 9.13 Å². The van der Waals surface area contributed by atoms with Crippen LogP contribution in [0.25, 0.3) is 0 Å². The number of rotatable bonds is 3. The van der Waals surface area contributed by atoms with Gasteiger partial charge in [0, 0.05) is 16.2 Å². The molecule has 0 aliphatic carbocycles. The van der Waals surface area contributed by atoms with Crippen molar-refractivity contribution in [1.29, 1.82) is 0 Å². The molecule has 0 bridgehead atoms. The van der Waals surface area contributed by atoms with E-state index in [1.165, 1.54) is 6.92 Å². The number of alkyl halides is 2. The van der Waals surface area contributed by atoms with Crippen LogP contribution in [0.15, 0.2) is 16.7 Å². The molecule has 1 aromatic heterocycles. The highest BCUT2D eigenvalue weighted by molar-refractivity contribution is 14.1. The van der Waals surface area contributed by atoms with Crippen molar-refractivity contribution in [1.82, 2.24) is 4.98 Å². The Hall–Kier alpha value is 0.0900. The number of nitrogens with zero attached hydrogens (tertiary/aromatic N) is 1. The van der Waals surface area contributed by atoms with E-state index in [-0.39, 0.29) is 6.61 Å². The van der Waals surface area contributed by atoms with Gasteiger partial charge in [0.2, 0.25) is 5.88 Å². The molecule has 0 saturated heterocycles. The summed E-state index contributed by atoms with van der Waals surface area (Å²) in [6.07, 6.45) is 1.63. The smallest absolute Gasteiger partial charge is 0.216 e. The Morgan fingerprint density at radius 1 is 1.71 bits per heavy atom. The summed E-state index contributed by atoms with van der Waals surface area (Å²) in [4.78, 5) is 4.04. The van der Waals surface area contributed by atoms with Crippen molar-refractivity contribution in [3.8, 4) is 5.88 Å². The summed E-state index contributed by atoms with van der Waals surface area (Å²) in [5.74, 6) is 0.480. The third-order valence-corrected chi connectivity index (χ3v) is 2.20. The van der Waals surface area contributed by atoms with E-state index in [1.54, 1.807) is 28.8 Å². The van der Waals surface area contributed by atoms with E-state index >= 15 is 0 Å². The minimum Gasteiger partial charge on any atom is -0.473 e. The summed E-state index contributed by atoms with van der Waals surface area (Å²) >= 11 is 4.99. The van der Waals surface area contributed by atoms with Gasteiger partial charge in [0.05, 0.1) is 0 Å². The minimum atomic E-state index is -1.36. The summed E-state index contributed by atoms with van der Waals surface area (Å²) < 4.78 is 17.9. The second-order valence-electron chi connectivity index (χ2n) is 3.13. The number of hydrogen-bond donors (Lipinski definition) is 0. The zero-order chi connectivity index (χ0) is 10.8. The van der Waals surface area contributed by atoms with Crippen LogP contribution in [-0.2, 0) is 0 Å². The molecule has 2 nitrogen and oxygen atoms in total. The quantitative estimate of drug-likeness (QED) is 0.596. The first-order valence-corrected chi connectivity index (χ1v) is 5.88. The number of ether oxygens (including phenoxy) is 1. The van der Waals surface area contributed by atoms with Gasteiger partial charge in [-0.1, -0.05) is 0 Å². The van der Waals surface area contributed by atoms with Crippen LogP contribution in [0.4, 0.5) is 4.39 Å². The normalized spacial score (nSPS) is 14.9. The molecule has 0 fully saturated rings. The maximum absolute atomic E-state index is 13.1. The standard InChI is InChI=1S/C9H10BrFINO/c1-6-3-7(10)4-13-8(6)14-5-9(2,11)12/h3-4H,5H2,1-2H3. The molecule has 1 heterocycles. The first-order chi connectivity index (χ1) is 6.38. The van der Waals surface area contributed by atoms with Gasteiger partial charge in [0.1, 0.15) is 6.61 Å². The fourth-order valence-electron chi connectivity index (χ4n) is 0.874. The van der Waals surface area contributed by atoms with E-state index < -0.39 is 3.68 Å². The first kappa shape index (κ1) is 12.2. The Kier molecular flexibility index (Phi) is 4.12. The topological polar surface area (TPSA) is 22.1 Å². The van der Waals surface area contributed by atoms with E-state index in [1.807, 2.05) is 13.0 Å². The highest BCUT2D eigenvalue weighted by Crippen LogP contribution is 2.23. The summed E-state index contributed by atoms with van der Waals surface area (Å²) in [5, 5.41) is 0. The molecule has 1 rings (SSSR count). The van der Waals surface area contributed by atoms with Crippen LogP contribution < -0.4 is 4.74 Å². The number of hydrogen-bond acceptors (Lipinski definition) is 2. The third kappa shape index (κ3) is 4.08. The van der Waals surface area contributed by atoms with Crippen LogP contribution in [0.5, 0.6) is 5.88 Å². The summed E-state index contributed by atoms with van der Waals surface area (Å²) in [5.41, 5.74) is 0.889. The highest BCUT2D eigenvalue weighted by Gasteiger charge is 2.19. The minimum absolute atomic E-state index is 0.00301. The Labute approximate surface area is 105 Å². The van der Waals surface area contributed by atoms with Gasteiger partial charge in [0.15, 0.2) is 3.68 Å². The molecule has 5 heteroatoms. The monoisotopic (exact) mass is 373 g/mol. The lowest BCUT2D eigenvalue weighted by molar-refractivity contribution is 0.190. The SMILES string of the molecule is Cc1cc(Br)cnc1OCC(C)(F)I. The average Bonchev–Trinajstić information content (AvgIpc) is 2.00. The highest BCUT2D eigenvalue weighted by atomic mass is 127. The zero-order valence-corrected chi connectivity index (χ0v) is 11.6. The summed E-state index contributed by atoms with van der Waals surface area (Å²) in [6.45, 7) is 3.33. The van der Waals surface area contributed by atoms with Gasteiger partial charge in [-0.25, -0.2) is 9.37 Å². The van der Waals surface area contributed by atoms with E-state index in [4.69, 9.17) is 4.74 Å². The molecular formula is C9H10BrFINO. The molecule has 14 heavy (non-hydrogen) atoms. The Morgan fingerprint density at radius 3 is 2.86 bits per heavy atom. The van der Waals surface area contributed by atoms with Crippen molar-refractivity contribution in [3.05, 3.63) is 22.3 Å². The van der Waals surface area contributed by atoms with Crippen LogP contribution in [0.1, 0.15) is 12.5 Å². The second-order valence-corrected chi connectivity index (χ2v) is 6.30. The number of pyridine rings is 1. The van der Waals surface area contributed by atoms with E-state index in [9.17, 15) is 4.39 Å². The van der Waals surface area contributed by atoms with Crippen LogP contribution in [0.2, 0.25) is 0 Å². The molecule has 0 aliphatic heterocycles. The molecule has 78 valence electrons. The van der Waals surface area contributed by atoms with Crippen LogP contribution >= 0.6 is 38.5 Å². The van der Waals surface area contributed by atoms with Gasteiger partial charge in [-0.3, -0.25) is 0 Å². The van der Waals surface area contributed by atoms with Crippen LogP contribution in [0.3, 0.4) is 0 Å². The molecule has 1 unspecified atom stereocenters. The largest absolute Gasteiger partial charge is 0.473 e. The molecule has 0 N–H and O–H groups in total. The predicted octanol–water partition coefficient (Wildman–Crippen LogP) is 3.65. The molecule has 0 amide bonds. The van der Waals surface area contributed by atoms with Crippen LogP contribution in [0, 0.1) is 6.92 Å². The second kappa shape index (κ2) is 4.74. The number of aryl methyl sites for hydroxylation is 1. The summed E-state index contributed by atoms with van der Waals surface area (Å²) in [6, 6.07) is 1.88. The van der Waals surface area contributed by atoms with Crippen molar-refractivity contribution in [2.45, 2.75) is 17.5 Å². The van der Waals surface area contributed by atoms with Gasteiger partial charge >= 0.3 is 0 Å². The van der Waals surface area contributed by atoms with Gasteiger partial charge < -0.3 is 4.74 Å². The predicted molar refractivity (Wildman–Crippen MR) is 65.7 cm³/mol. The maximum Gasteiger partial charge on any atom is 0.216 e. The lowest BCUT2D eigenvalue weighted by atomic mass is 10.3. The Morgan fingerprint density at radius 2 is 2.36 bits per heavy atom. The van der Waals surface area contributed by atoms with E-state index in [0.717, 1.165) is 10.0 Å². The first-order valence-electron chi connectivity index (χ1n) is 4.01. The fraction of sp³-hybridized carbons (Fsp3) is 0.444. The third-order valence-electron chi connectivity index (χ3n) is 1.46. The number of halogens is 3. The lowest BCUT2D eigenvalue weighted by Crippen LogP contribution is -2.19. The molecule has 0 spiro atoms. The lowest BCUT2D eigenvalue weighted by Gasteiger charge is -2.14. The van der Waals surface area contributed by atoms with Crippen molar-refractivity contribution in [2.24, 2.45) is 0 Å². The molecule has 0 saturated carbocycles. The molecule has 0 aromatic carbocycles. The molecule has 1 aromatic rings. The van der Waals surface area contributed by atoms with Gasteiger partial charge in [0.25, 0.3) is 0 Å². The Balaban J connectivity index is 2.68. The van der Waals surface area contributed by atoms with E-state index in [0.29, 0.717) is 5.88 Å². The molecular weight excluding hydrogens is 364 g/mol. The maximum atomic E-state index is 13.1. The Bertz CT molecular complexity index is 327. The van der Waals surface area contributed by atoms with Crippen molar-refractivity contribution >= 4 is 38.5 Å². The molecule has 0 aliphatic rings. The van der Waals surface area contributed by atoms with Crippen molar-refractivity contribution in [3.63, 3.8) is 0 Å².